The van der Waals surface area contributed by atoms with Crippen LogP contribution in [0.1, 0.15) is 29.4 Å². The molecule has 1 N–H and O–H groups in total. The first-order chi connectivity index (χ1) is 16.8. The number of likely N-dealkylation sites (tertiary alicyclic amines) is 1. The Morgan fingerprint density at radius 1 is 1.14 bits per heavy atom. The van der Waals surface area contributed by atoms with E-state index in [4.69, 9.17) is 9.47 Å². The molecular formula is C23H27N3O7S2. The minimum atomic E-state index is -3.72. The van der Waals surface area contributed by atoms with Crippen molar-refractivity contribution in [1.82, 2.24) is 9.21 Å². The number of hydrogen-bond donors (Lipinski definition) is 1. The van der Waals surface area contributed by atoms with Gasteiger partial charge < -0.3 is 19.7 Å². The maximum absolute atomic E-state index is 12.9. The highest BCUT2D eigenvalue weighted by Crippen LogP contribution is 2.24. The number of nitrogens with zero attached hydrogens (tertiary/aromatic N) is 2. The van der Waals surface area contributed by atoms with Gasteiger partial charge in [0.25, 0.3) is 11.8 Å². The predicted octanol–water partition coefficient (Wildman–Crippen LogP) is 1.94. The Morgan fingerprint density at radius 3 is 2.63 bits per heavy atom. The normalized spacial score (nSPS) is 19.8. The summed E-state index contributed by atoms with van der Waals surface area (Å²) in [5.41, 5.74) is 0.266. The highest BCUT2D eigenvalue weighted by atomic mass is 32.2. The number of ether oxygens (including phenoxy) is 2. The van der Waals surface area contributed by atoms with Crippen molar-refractivity contribution in [2.24, 2.45) is 0 Å². The molecule has 10 nitrogen and oxygen atoms in total. The van der Waals surface area contributed by atoms with E-state index in [1.807, 2.05) is 0 Å². The molecule has 3 heterocycles. The average molecular weight is 522 g/mol. The maximum Gasteiger partial charge on any atom is 0.329 e. The molecule has 2 aliphatic rings. The van der Waals surface area contributed by atoms with Crippen LogP contribution in [0.2, 0.25) is 0 Å². The van der Waals surface area contributed by atoms with Gasteiger partial charge in [-0.1, -0.05) is 12.1 Å². The van der Waals surface area contributed by atoms with Crippen molar-refractivity contribution in [2.45, 2.75) is 36.8 Å². The number of thiophene rings is 1. The van der Waals surface area contributed by atoms with Gasteiger partial charge in [0.1, 0.15) is 6.04 Å². The van der Waals surface area contributed by atoms with Gasteiger partial charge >= 0.3 is 5.97 Å². The molecule has 12 heteroatoms. The molecule has 2 aliphatic heterocycles. The van der Waals surface area contributed by atoms with Crippen LogP contribution in [-0.2, 0) is 29.1 Å². The lowest BCUT2D eigenvalue weighted by Crippen LogP contribution is -2.43. The number of benzene rings is 1. The summed E-state index contributed by atoms with van der Waals surface area (Å²) < 4.78 is 37.7. The molecule has 2 aromatic rings. The number of morpholine rings is 1. The van der Waals surface area contributed by atoms with Crippen LogP contribution in [0, 0.1) is 0 Å². The lowest BCUT2D eigenvalue weighted by Gasteiger charge is -2.26. The molecule has 0 spiro atoms. The molecule has 0 bridgehead atoms. The second kappa shape index (κ2) is 10.9. The predicted molar refractivity (Wildman–Crippen MR) is 129 cm³/mol. The van der Waals surface area contributed by atoms with Crippen molar-refractivity contribution in [3.05, 3.63) is 46.7 Å². The first kappa shape index (κ1) is 25.3. The molecule has 0 unspecified atom stereocenters. The number of amides is 2. The molecule has 1 aromatic heterocycles. The zero-order valence-electron chi connectivity index (χ0n) is 19.2. The highest BCUT2D eigenvalue weighted by Gasteiger charge is 2.37. The molecule has 0 radical (unpaired) electrons. The Hall–Kier alpha value is -2.80. The fourth-order valence-corrected chi connectivity index (χ4v) is 6.15. The van der Waals surface area contributed by atoms with Crippen molar-refractivity contribution in [2.75, 3.05) is 38.2 Å². The smallest absolute Gasteiger partial charge is 0.329 e. The van der Waals surface area contributed by atoms with E-state index in [2.05, 4.69) is 5.32 Å². The summed E-state index contributed by atoms with van der Waals surface area (Å²) in [6.07, 6.45) is -0.00515. The molecule has 35 heavy (non-hydrogen) atoms. The van der Waals surface area contributed by atoms with Crippen LogP contribution in [0.4, 0.5) is 5.69 Å². The number of anilines is 1. The molecule has 2 amide bonds. The minimum absolute atomic E-state index is 0.0514. The highest BCUT2D eigenvalue weighted by molar-refractivity contribution is 7.89. The van der Waals surface area contributed by atoms with Crippen LogP contribution in [0.3, 0.4) is 0 Å². The number of carbonyl (C=O) groups is 3. The van der Waals surface area contributed by atoms with Crippen molar-refractivity contribution < 1.29 is 32.3 Å². The van der Waals surface area contributed by atoms with E-state index in [0.29, 0.717) is 37.5 Å². The first-order valence-electron chi connectivity index (χ1n) is 11.3. The van der Waals surface area contributed by atoms with Crippen LogP contribution in [-0.4, -0.2) is 80.4 Å². The van der Waals surface area contributed by atoms with E-state index < -0.39 is 34.0 Å². The number of sulfonamides is 1. The molecular weight excluding hydrogens is 494 g/mol. The number of nitrogens with one attached hydrogen (secondary N) is 1. The third-order valence-electron chi connectivity index (χ3n) is 5.89. The summed E-state index contributed by atoms with van der Waals surface area (Å²) in [5, 5.41) is 4.40. The van der Waals surface area contributed by atoms with Gasteiger partial charge in [-0.25, -0.2) is 13.2 Å². The van der Waals surface area contributed by atoms with Gasteiger partial charge in [-0.15, -0.1) is 11.3 Å². The molecule has 188 valence electrons. The van der Waals surface area contributed by atoms with E-state index >= 15 is 0 Å². The molecule has 2 saturated heterocycles. The molecule has 2 fully saturated rings. The summed E-state index contributed by atoms with van der Waals surface area (Å²) >= 11 is 1.30. The van der Waals surface area contributed by atoms with Crippen molar-refractivity contribution in [1.29, 1.82) is 0 Å². The zero-order valence-corrected chi connectivity index (χ0v) is 20.8. The van der Waals surface area contributed by atoms with Gasteiger partial charge in [-0.05, 0) is 49.4 Å². The fourth-order valence-electron chi connectivity index (χ4n) is 4.02. The standard InChI is InChI=1S/C23H27N3O7S2/c1-16(33-23(29)19-7-3-9-26(19)22(28)20-8-4-14-34-20)21(27)24-17-5-2-6-18(15-17)35(30,31)25-10-12-32-13-11-25/h2,4-6,8,14-16,19H,3,7,9-13H2,1H3,(H,24,27)/t16-,19+/m1/s1. The van der Waals surface area contributed by atoms with Crippen LogP contribution in [0.25, 0.3) is 0 Å². The second-order valence-corrected chi connectivity index (χ2v) is 11.1. The van der Waals surface area contributed by atoms with E-state index in [1.165, 1.54) is 45.7 Å². The Bertz CT molecular complexity index is 1180. The number of rotatable bonds is 7. The molecule has 1 aromatic carbocycles. The van der Waals surface area contributed by atoms with Crippen molar-refractivity contribution >= 4 is 44.8 Å². The Morgan fingerprint density at radius 2 is 1.91 bits per heavy atom. The number of esters is 1. The van der Waals surface area contributed by atoms with Crippen LogP contribution >= 0.6 is 11.3 Å². The monoisotopic (exact) mass is 521 g/mol. The molecule has 0 saturated carbocycles. The SMILES string of the molecule is C[C@@H](OC(=O)[C@@H]1CCCN1C(=O)c1cccs1)C(=O)Nc1cccc(S(=O)(=O)N2CCOCC2)c1. The Kier molecular flexibility index (Phi) is 7.85. The van der Waals surface area contributed by atoms with Crippen LogP contribution in [0.5, 0.6) is 0 Å². The lowest BCUT2D eigenvalue weighted by atomic mass is 10.2. The number of carbonyl (C=O) groups excluding carboxylic acids is 3. The summed E-state index contributed by atoms with van der Waals surface area (Å²) in [4.78, 5) is 40.2. The van der Waals surface area contributed by atoms with E-state index in [0.717, 1.165) is 0 Å². The van der Waals surface area contributed by atoms with Crippen molar-refractivity contribution in [3.8, 4) is 0 Å². The first-order valence-corrected chi connectivity index (χ1v) is 13.6. The van der Waals surface area contributed by atoms with Crippen LogP contribution < -0.4 is 5.32 Å². The third kappa shape index (κ3) is 5.72. The summed E-state index contributed by atoms with van der Waals surface area (Å²) in [6.45, 7) is 3.06. The number of hydrogen-bond acceptors (Lipinski definition) is 8. The Labute approximate surface area is 207 Å². The summed E-state index contributed by atoms with van der Waals surface area (Å²) in [7, 11) is -3.72. The van der Waals surface area contributed by atoms with Gasteiger partial charge in [0.05, 0.1) is 23.0 Å². The topological polar surface area (TPSA) is 122 Å². The van der Waals surface area contributed by atoms with Gasteiger partial charge in [0.15, 0.2) is 6.10 Å². The zero-order chi connectivity index (χ0) is 25.0. The van der Waals surface area contributed by atoms with Gasteiger partial charge in [-0.3, -0.25) is 9.59 Å². The molecule has 2 atom stereocenters. The summed E-state index contributed by atoms with van der Waals surface area (Å²) in [6, 6.07) is 8.65. The van der Waals surface area contributed by atoms with Gasteiger partial charge in [0.2, 0.25) is 10.0 Å². The quantitative estimate of drug-likeness (QED) is 0.553. The van der Waals surface area contributed by atoms with Gasteiger partial charge in [-0.2, -0.15) is 4.31 Å². The maximum atomic E-state index is 12.9. The van der Waals surface area contributed by atoms with E-state index in [-0.39, 0.29) is 29.6 Å². The van der Waals surface area contributed by atoms with E-state index in [1.54, 1.807) is 23.6 Å². The molecule has 0 aliphatic carbocycles. The second-order valence-electron chi connectivity index (χ2n) is 8.25. The molecule has 4 rings (SSSR count). The van der Waals surface area contributed by atoms with E-state index in [9.17, 15) is 22.8 Å². The minimum Gasteiger partial charge on any atom is -0.451 e. The average Bonchev–Trinajstić information content (AvgIpc) is 3.57. The fraction of sp³-hybridized carbons (Fsp3) is 0.435. The van der Waals surface area contributed by atoms with Gasteiger partial charge in [0, 0.05) is 25.3 Å². The third-order valence-corrected chi connectivity index (χ3v) is 8.64. The van der Waals surface area contributed by atoms with Crippen LogP contribution in [0.15, 0.2) is 46.7 Å². The lowest BCUT2D eigenvalue weighted by molar-refractivity contribution is -0.156. The Balaban J connectivity index is 1.37. The summed E-state index contributed by atoms with van der Waals surface area (Å²) in [5.74, 6) is -1.47. The largest absolute Gasteiger partial charge is 0.451 e. The van der Waals surface area contributed by atoms with Crippen molar-refractivity contribution in [3.63, 3.8) is 0 Å².